The van der Waals surface area contributed by atoms with Crippen LogP contribution in [-0.2, 0) is 10.9 Å². The molecule has 0 bridgehead atoms. The summed E-state index contributed by atoms with van der Waals surface area (Å²) in [6, 6.07) is 9.58. The molecule has 0 fully saturated rings. The van der Waals surface area contributed by atoms with Gasteiger partial charge in [0.15, 0.2) is 5.75 Å². The summed E-state index contributed by atoms with van der Waals surface area (Å²) in [5, 5.41) is 0. The number of benzene rings is 1. The van der Waals surface area contributed by atoms with Gasteiger partial charge in [-0.05, 0) is 12.2 Å². The van der Waals surface area contributed by atoms with Gasteiger partial charge in [0.2, 0.25) is 5.78 Å². The van der Waals surface area contributed by atoms with Crippen molar-refractivity contribution in [1.82, 2.24) is 0 Å². The molecular weight excluding hydrogens is 272 g/mol. The molecule has 3 heteroatoms. The molecular formula is C12H13BrOS. The smallest absolute Gasteiger partial charge is 0.211 e. The maximum absolute atomic E-state index is 11.8. The average molecular weight is 285 g/mol. The Kier molecular flexibility index (Phi) is 5.12. The Bertz CT molecular complexity index is 340. The average Bonchev–Trinajstić information content (AvgIpc) is 2.72. The fourth-order valence-electron chi connectivity index (χ4n) is 1.49. The lowest BCUT2D eigenvalue weighted by atomic mass is 10.2. The van der Waals surface area contributed by atoms with Crippen LogP contribution in [0.4, 0.5) is 0 Å². The monoisotopic (exact) mass is 284 g/mol. The van der Waals surface area contributed by atoms with Crippen LogP contribution in [-0.4, -0.2) is 23.0 Å². The van der Waals surface area contributed by atoms with Gasteiger partial charge >= 0.3 is 0 Å². The van der Waals surface area contributed by atoms with Crippen LogP contribution in [0.5, 0.6) is 0 Å². The lowest BCUT2D eigenvalue weighted by Gasteiger charge is -2.00. The molecule has 1 aromatic rings. The number of carbonyl (C=O) groups is 1. The molecule has 0 spiro atoms. The second-order valence-corrected chi connectivity index (χ2v) is 5.53. The minimum absolute atomic E-state index is 0. The Morgan fingerprint density at radius 3 is 2.33 bits per heavy atom. The number of ketones is 1. The van der Waals surface area contributed by atoms with Crippen molar-refractivity contribution in [1.29, 1.82) is 0 Å². The first kappa shape index (κ1) is 12.5. The van der Waals surface area contributed by atoms with Crippen LogP contribution in [0.3, 0.4) is 0 Å². The van der Waals surface area contributed by atoms with E-state index in [1.54, 1.807) is 0 Å². The molecule has 0 aromatic heterocycles. The van der Waals surface area contributed by atoms with E-state index in [1.807, 2.05) is 30.3 Å². The van der Waals surface area contributed by atoms with E-state index in [0.29, 0.717) is 0 Å². The number of Topliss-reactive ketones (excluding diaryl/α,β-unsaturated/α-hetero) is 1. The molecule has 0 radical (unpaired) electrons. The first-order valence-corrected chi connectivity index (χ1v) is 6.47. The lowest BCUT2D eigenvalue weighted by Crippen LogP contribution is -3.00. The van der Waals surface area contributed by atoms with Gasteiger partial charge in [-0.15, -0.1) is 0 Å². The predicted octanol–water partition coefficient (Wildman–Crippen LogP) is -0.939. The molecule has 0 atom stereocenters. The standard InChI is InChI=1S/C12H13OS.BrH/c13-12(10-14-8-4-5-9-14)11-6-2-1-3-7-11;/h1-7H,8-10H2;1H/q+1;/p-1. The van der Waals surface area contributed by atoms with Crippen LogP contribution >= 0.6 is 0 Å². The van der Waals surface area contributed by atoms with Crippen LogP contribution in [0.15, 0.2) is 42.5 Å². The van der Waals surface area contributed by atoms with Crippen molar-refractivity contribution in [3.63, 3.8) is 0 Å². The van der Waals surface area contributed by atoms with E-state index in [-0.39, 0.29) is 33.7 Å². The van der Waals surface area contributed by atoms with E-state index < -0.39 is 0 Å². The van der Waals surface area contributed by atoms with Crippen molar-refractivity contribution in [2.75, 3.05) is 17.3 Å². The van der Waals surface area contributed by atoms with Gasteiger partial charge in [-0.3, -0.25) is 4.79 Å². The Morgan fingerprint density at radius 2 is 1.73 bits per heavy atom. The summed E-state index contributed by atoms with van der Waals surface area (Å²) in [4.78, 5) is 11.8. The highest BCUT2D eigenvalue weighted by atomic mass is 79.9. The summed E-state index contributed by atoms with van der Waals surface area (Å²) in [5.41, 5.74) is 0.854. The van der Waals surface area contributed by atoms with E-state index in [0.717, 1.165) is 22.8 Å². The molecule has 0 saturated heterocycles. The number of hydrogen-bond acceptors (Lipinski definition) is 1. The quantitative estimate of drug-likeness (QED) is 0.398. The third-order valence-corrected chi connectivity index (χ3v) is 4.26. The first-order valence-electron chi connectivity index (χ1n) is 4.73. The van der Waals surface area contributed by atoms with Gasteiger partial charge in [-0.1, -0.05) is 30.3 Å². The van der Waals surface area contributed by atoms with Crippen molar-refractivity contribution < 1.29 is 21.8 Å². The molecule has 1 aromatic carbocycles. The van der Waals surface area contributed by atoms with Crippen LogP contribution in [0, 0.1) is 0 Å². The van der Waals surface area contributed by atoms with E-state index in [2.05, 4.69) is 12.2 Å². The minimum Gasteiger partial charge on any atom is -1.00 e. The van der Waals surface area contributed by atoms with Gasteiger partial charge < -0.3 is 17.0 Å². The topological polar surface area (TPSA) is 17.1 Å². The molecule has 2 rings (SSSR count). The molecule has 1 aliphatic heterocycles. The van der Waals surface area contributed by atoms with Gasteiger partial charge in [0.1, 0.15) is 11.5 Å². The van der Waals surface area contributed by atoms with Crippen molar-refractivity contribution >= 4 is 16.7 Å². The SMILES string of the molecule is O=C(C[S+]1CC=CC1)c1ccccc1.[Br-]. The zero-order valence-corrected chi connectivity index (χ0v) is 10.8. The van der Waals surface area contributed by atoms with E-state index in [1.165, 1.54) is 0 Å². The molecule has 0 aliphatic carbocycles. The van der Waals surface area contributed by atoms with Gasteiger partial charge in [0, 0.05) is 16.5 Å². The maximum Gasteiger partial charge on any atom is 0.211 e. The molecule has 1 nitrogen and oxygen atoms in total. The number of hydrogen-bond donors (Lipinski definition) is 0. The largest absolute Gasteiger partial charge is 1.00 e. The van der Waals surface area contributed by atoms with Crippen LogP contribution in [0.2, 0.25) is 0 Å². The van der Waals surface area contributed by atoms with Crippen molar-refractivity contribution in [3.05, 3.63) is 48.0 Å². The molecule has 15 heavy (non-hydrogen) atoms. The Hall–Kier alpha value is -0.540. The van der Waals surface area contributed by atoms with Gasteiger partial charge in [0.05, 0.1) is 0 Å². The fourth-order valence-corrected chi connectivity index (χ4v) is 3.21. The highest BCUT2D eigenvalue weighted by Crippen LogP contribution is 2.09. The Labute approximate surface area is 104 Å². The predicted molar refractivity (Wildman–Crippen MR) is 61.9 cm³/mol. The van der Waals surface area contributed by atoms with Gasteiger partial charge in [-0.2, -0.15) is 0 Å². The van der Waals surface area contributed by atoms with Crippen molar-refractivity contribution in [3.8, 4) is 0 Å². The third-order valence-electron chi connectivity index (χ3n) is 2.26. The summed E-state index contributed by atoms with van der Waals surface area (Å²) in [7, 11) is 0.281. The van der Waals surface area contributed by atoms with Crippen molar-refractivity contribution in [2.45, 2.75) is 0 Å². The molecule has 0 saturated carbocycles. The second kappa shape index (κ2) is 6.13. The van der Waals surface area contributed by atoms with E-state index >= 15 is 0 Å². The lowest BCUT2D eigenvalue weighted by molar-refractivity contribution is -0.0000106. The number of carbonyl (C=O) groups excluding carboxylic acids is 1. The maximum atomic E-state index is 11.8. The summed E-state index contributed by atoms with van der Waals surface area (Å²) in [6.07, 6.45) is 4.36. The highest BCUT2D eigenvalue weighted by molar-refractivity contribution is 7.98. The second-order valence-electron chi connectivity index (χ2n) is 3.35. The zero-order chi connectivity index (χ0) is 9.80. The normalized spacial score (nSPS) is 14.9. The van der Waals surface area contributed by atoms with Gasteiger partial charge in [0.25, 0.3) is 0 Å². The van der Waals surface area contributed by atoms with Crippen LogP contribution in [0.1, 0.15) is 10.4 Å². The number of halogens is 1. The highest BCUT2D eigenvalue weighted by Gasteiger charge is 2.23. The Balaban J connectivity index is 0.00000112. The molecule has 80 valence electrons. The van der Waals surface area contributed by atoms with Crippen LogP contribution in [0.25, 0.3) is 0 Å². The van der Waals surface area contributed by atoms with E-state index in [4.69, 9.17) is 0 Å². The molecule has 1 heterocycles. The van der Waals surface area contributed by atoms with Gasteiger partial charge in [-0.25, -0.2) is 0 Å². The third kappa shape index (κ3) is 3.50. The zero-order valence-electron chi connectivity index (χ0n) is 8.36. The fraction of sp³-hybridized carbons (Fsp3) is 0.250. The summed E-state index contributed by atoms with van der Waals surface area (Å²) >= 11 is 0. The van der Waals surface area contributed by atoms with E-state index in [9.17, 15) is 4.79 Å². The minimum atomic E-state index is 0. The summed E-state index contributed by atoms with van der Waals surface area (Å²) in [5.74, 6) is 3.20. The first-order chi connectivity index (χ1) is 6.86. The summed E-state index contributed by atoms with van der Waals surface area (Å²) in [6.45, 7) is 0. The van der Waals surface area contributed by atoms with Crippen molar-refractivity contribution in [2.24, 2.45) is 0 Å². The molecule has 0 N–H and O–H groups in total. The van der Waals surface area contributed by atoms with Crippen LogP contribution < -0.4 is 17.0 Å². The molecule has 0 amide bonds. The number of rotatable bonds is 3. The summed E-state index contributed by atoms with van der Waals surface area (Å²) < 4.78 is 0. The molecule has 1 aliphatic rings. The molecule has 0 unspecified atom stereocenters. The Morgan fingerprint density at radius 1 is 1.13 bits per heavy atom.